The highest BCUT2D eigenvalue weighted by molar-refractivity contribution is 7.15. The number of aryl methyl sites for hydroxylation is 1. The third kappa shape index (κ3) is 19.7. The average molecular weight is 1340 g/mol. The van der Waals surface area contributed by atoms with Crippen molar-refractivity contribution in [3.63, 3.8) is 0 Å². The maximum absolute atomic E-state index is 12.5. The number of hydrogen-bond donors (Lipinski definition) is 0. The lowest BCUT2D eigenvalue weighted by Gasteiger charge is -2.44. The van der Waals surface area contributed by atoms with Gasteiger partial charge in [0.1, 0.15) is 50.0 Å². The molecule has 0 N–H and O–H groups in total. The van der Waals surface area contributed by atoms with E-state index in [2.05, 4.69) is 48.3 Å². The molecule has 0 saturated carbocycles. The van der Waals surface area contributed by atoms with Crippen molar-refractivity contribution >= 4 is 93.6 Å². The lowest BCUT2D eigenvalue weighted by molar-refractivity contribution is -0.254. The van der Waals surface area contributed by atoms with Crippen LogP contribution in [0.25, 0.3) is 20.9 Å². The zero-order valence-corrected chi connectivity index (χ0v) is 55.5. The number of benzene rings is 4. The predicted molar refractivity (Wildman–Crippen MR) is 341 cm³/mol. The van der Waals surface area contributed by atoms with E-state index in [1.165, 1.54) is 61.0 Å². The van der Waals surface area contributed by atoms with E-state index in [9.17, 15) is 38.4 Å². The molecule has 0 radical (unpaired) electrons. The lowest BCUT2D eigenvalue weighted by Crippen LogP contribution is -2.59. The van der Waals surface area contributed by atoms with Crippen LogP contribution in [0, 0.1) is 0 Å². The summed E-state index contributed by atoms with van der Waals surface area (Å²) in [5.74, 6) is -4.70. The minimum atomic E-state index is -1.31. The summed E-state index contributed by atoms with van der Waals surface area (Å²) in [6.45, 7) is 11.0. The number of ether oxygens (including phenoxy) is 11. The summed E-state index contributed by atoms with van der Waals surface area (Å²) in [7, 11) is 2.08. The maximum Gasteiger partial charge on any atom is 0.303 e. The molecule has 10 atom stereocenters. The van der Waals surface area contributed by atoms with Gasteiger partial charge in [0.2, 0.25) is 0 Å². The van der Waals surface area contributed by atoms with Crippen LogP contribution in [0.4, 0.5) is 0 Å². The molecule has 92 heavy (non-hydrogen) atoms. The molecule has 2 aliphatic heterocycles. The van der Waals surface area contributed by atoms with Crippen molar-refractivity contribution in [1.29, 1.82) is 0 Å². The predicted octanol–water partition coefficient (Wildman–Crippen LogP) is 11.2. The van der Waals surface area contributed by atoms with Gasteiger partial charge in [-0.1, -0.05) is 71.7 Å². The maximum atomic E-state index is 12.5. The van der Waals surface area contributed by atoms with Gasteiger partial charge in [0.15, 0.2) is 36.6 Å². The molecule has 490 valence electrons. The molecule has 2 aromatic heterocycles. The number of hydrogen-bond acceptors (Lipinski definition) is 22. The first kappa shape index (κ1) is 70.2. The summed E-state index contributed by atoms with van der Waals surface area (Å²) in [6.07, 6.45) is -9.17. The first-order valence-corrected chi connectivity index (χ1v) is 32.1. The lowest BCUT2D eigenvalue weighted by atomic mass is 9.89. The van der Waals surface area contributed by atoms with Crippen molar-refractivity contribution in [3.8, 4) is 26.6 Å². The fraction of sp³-hybridized carbons (Fsp3) is 0.412. The zero-order valence-electron chi connectivity index (χ0n) is 52.3. The number of carbonyl (C=O) groups excluding carboxylic acids is 8. The Balaban J connectivity index is 0.818. The van der Waals surface area contributed by atoms with Gasteiger partial charge in [0.05, 0.1) is 0 Å². The van der Waals surface area contributed by atoms with Crippen molar-refractivity contribution in [2.75, 3.05) is 40.0 Å². The largest absolute Gasteiger partial charge is 0.492 e. The Morgan fingerprint density at radius 2 is 0.848 bits per heavy atom. The van der Waals surface area contributed by atoms with Gasteiger partial charge in [-0.3, -0.25) is 38.4 Å². The van der Waals surface area contributed by atoms with Gasteiger partial charge in [0.25, 0.3) is 0 Å². The molecule has 0 unspecified atom stereocenters. The minimum absolute atomic E-state index is 0.338. The van der Waals surface area contributed by atoms with Gasteiger partial charge >= 0.3 is 47.8 Å². The molecule has 8 rings (SSSR count). The second kappa shape index (κ2) is 32.7. The van der Waals surface area contributed by atoms with Gasteiger partial charge in [-0.2, -0.15) is 0 Å². The number of carbonyl (C=O) groups is 8. The van der Waals surface area contributed by atoms with E-state index in [1.54, 1.807) is 46.9 Å². The molecule has 0 amide bonds. The Bertz CT molecular complexity index is 3360. The van der Waals surface area contributed by atoms with E-state index in [1.807, 2.05) is 48.5 Å². The molecule has 2 fully saturated rings. The van der Waals surface area contributed by atoms with Crippen LogP contribution in [0.5, 0.6) is 5.75 Å². The SMILES string of the molecule is CC(=O)OC[C@H]1O[C@@H](c2ccc(Cl)c(Cc3ccc(-c4ccc(CCCN(C)CCOc5ccc(-c6ccc(Cc7cc([C@@H]8O[C@H](COC(C)=O)[C@@H](OC(C)=O)[C@H](OC(C)=O)[C@H]8OC(C)=O)ccc7Cl)s6)cc5)cc4)s3)c2)[C@H](OC(C)=O)[C@@H](OC(C)=O)[C@@H]1OC(C)=O. The summed E-state index contributed by atoms with van der Waals surface area (Å²) in [5.41, 5.74) is 5.88. The summed E-state index contributed by atoms with van der Waals surface area (Å²) >= 11 is 16.8. The third-order valence-electron chi connectivity index (χ3n) is 15.0. The molecule has 24 heteroatoms. The number of nitrogens with zero attached hydrogens (tertiary/aromatic N) is 1. The molecule has 4 heterocycles. The summed E-state index contributed by atoms with van der Waals surface area (Å²) < 4.78 is 63.3. The number of thiophene rings is 2. The highest BCUT2D eigenvalue weighted by Crippen LogP contribution is 2.42. The van der Waals surface area contributed by atoms with Crippen molar-refractivity contribution in [2.45, 2.75) is 142 Å². The molecule has 2 aliphatic rings. The van der Waals surface area contributed by atoms with Crippen LogP contribution in [0.3, 0.4) is 0 Å². The monoisotopic (exact) mass is 1340 g/mol. The average Bonchev–Trinajstić information content (AvgIpc) is 0.920. The van der Waals surface area contributed by atoms with Crippen molar-refractivity contribution in [3.05, 3.63) is 157 Å². The van der Waals surface area contributed by atoms with E-state index in [0.717, 1.165) is 73.4 Å². The van der Waals surface area contributed by atoms with Crippen LogP contribution in [0.1, 0.15) is 112 Å². The fourth-order valence-corrected chi connectivity index (χ4v) is 13.4. The van der Waals surface area contributed by atoms with Crippen LogP contribution >= 0.6 is 45.9 Å². The topological polar surface area (TPSA) is 241 Å². The second-order valence-corrected chi connectivity index (χ2v) is 25.5. The highest BCUT2D eigenvalue weighted by atomic mass is 35.5. The fourth-order valence-electron chi connectivity index (χ4n) is 11.0. The Kier molecular flexibility index (Phi) is 25.0. The van der Waals surface area contributed by atoms with Crippen LogP contribution in [0.15, 0.2) is 109 Å². The molecule has 0 aliphatic carbocycles. The second-order valence-electron chi connectivity index (χ2n) is 22.3. The Morgan fingerprint density at radius 1 is 0.457 bits per heavy atom. The molecule has 0 spiro atoms. The van der Waals surface area contributed by atoms with E-state index in [4.69, 9.17) is 75.3 Å². The van der Waals surface area contributed by atoms with Gasteiger partial charge in [-0.15, -0.1) is 22.7 Å². The smallest absolute Gasteiger partial charge is 0.303 e. The van der Waals surface area contributed by atoms with Gasteiger partial charge in [0, 0.05) is 104 Å². The Morgan fingerprint density at radius 3 is 1.25 bits per heavy atom. The normalized spacial score (nSPS) is 21.1. The van der Waals surface area contributed by atoms with E-state index >= 15 is 0 Å². The number of esters is 8. The van der Waals surface area contributed by atoms with Crippen LogP contribution < -0.4 is 4.74 Å². The quantitative estimate of drug-likeness (QED) is 0.0362. The molecule has 20 nitrogen and oxygen atoms in total. The molecule has 6 aromatic rings. The number of rotatable bonds is 26. The van der Waals surface area contributed by atoms with Gasteiger partial charge in [-0.05, 0) is 126 Å². The van der Waals surface area contributed by atoms with Crippen molar-refractivity contribution in [1.82, 2.24) is 4.90 Å². The van der Waals surface area contributed by atoms with E-state index < -0.39 is 109 Å². The molecule has 2 saturated heterocycles. The molecular weight excluding hydrogens is 1270 g/mol. The Hall–Kier alpha value is -7.70. The number of halogens is 2. The Labute approximate surface area is 551 Å². The van der Waals surface area contributed by atoms with Gasteiger partial charge < -0.3 is 57.0 Å². The molecule has 4 aromatic carbocycles. The third-order valence-corrected chi connectivity index (χ3v) is 18.0. The van der Waals surface area contributed by atoms with Crippen molar-refractivity contribution < 1.29 is 90.5 Å². The van der Waals surface area contributed by atoms with Gasteiger partial charge in [-0.25, -0.2) is 0 Å². The molecule has 0 bridgehead atoms. The van der Waals surface area contributed by atoms with E-state index in [-0.39, 0.29) is 13.2 Å². The minimum Gasteiger partial charge on any atom is -0.492 e. The van der Waals surface area contributed by atoms with Crippen LogP contribution in [-0.2, 0) is 105 Å². The van der Waals surface area contributed by atoms with Crippen LogP contribution in [-0.4, -0.2) is 141 Å². The standard InChI is InChI=1S/C68H73Cl2NO19S2/c1-37(72)81-35-57-63(83-39(3)74)67(87-43(7)78)65(85-41(5)76)61(89-57)48-18-24-55(69)50(31-48)33-53-22-26-59(91-53)46-14-12-45(13-15-46)11-10-28-71(9)29-30-80-52-20-16-47(17-21-52)60-27-23-54(92-60)34-51-32-49(19-25-56(51)70)62-66(86-42(6)77)68(88-44(8)79)64(84-40(4)75)58(90-62)36-82-38(2)73/h12-27,31-32,57-58,61-68H,10-11,28-30,33-36H2,1-9H3/t57-,58-,61+,62+,63-,64-,65+,66+,67+,68+/m1/s1. The summed E-state index contributed by atoms with van der Waals surface area (Å²) in [5, 5.41) is 0.970. The number of likely N-dealkylation sites (N-methyl/N-ethyl adjacent to an activating group) is 1. The van der Waals surface area contributed by atoms with Crippen molar-refractivity contribution in [2.24, 2.45) is 0 Å². The van der Waals surface area contributed by atoms with Crippen LogP contribution in [0.2, 0.25) is 10.0 Å². The zero-order chi connectivity index (χ0) is 66.3. The summed E-state index contributed by atoms with van der Waals surface area (Å²) in [6, 6.07) is 35.2. The highest BCUT2D eigenvalue weighted by Gasteiger charge is 2.54. The first-order chi connectivity index (χ1) is 43.9. The summed E-state index contributed by atoms with van der Waals surface area (Å²) in [4.78, 5) is 104. The molecular formula is C68H73Cl2NO19S2. The first-order valence-electron chi connectivity index (χ1n) is 29.7. The van der Waals surface area contributed by atoms with E-state index in [0.29, 0.717) is 40.6 Å².